The van der Waals surface area contributed by atoms with Gasteiger partial charge in [-0.15, -0.1) is 0 Å². The molecule has 3 rings (SSSR count). The Bertz CT molecular complexity index is 680. The maximum Gasteiger partial charge on any atom is 0.244 e. The Hall–Kier alpha value is -2.47. The van der Waals surface area contributed by atoms with Crippen molar-refractivity contribution in [2.75, 3.05) is 5.32 Å². The molecule has 120 valence electrons. The zero-order chi connectivity index (χ0) is 16.3. The minimum Gasteiger partial charge on any atom is -0.439 e. The van der Waals surface area contributed by atoms with Crippen molar-refractivity contribution in [3.63, 3.8) is 0 Å². The van der Waals surface area contributed by atoms with E-state index in [0.717, 1.165) is 12.8 Å². The molecule has 0 atom stereocenters. The molecule has 0 radical (unpaired) electrons. The second kappa shape index (κ2) is 6.34. The van der Waals surface area contributed by atoms with E-state index in [1.807, 2.05) is 0 Å². The molecule has 3 N–H and O–H groups in total. The molecule has 23 heavy (non-hydrogen) atoms. The van der Waals surface area contributed by atoms with Crippen LogP contribution in [0.2, 0.25) is 0 Å². The minimum atomic E-state index is -0.775. The normalized spacial score (nSPS) is 16.1. The van der Waals surface area contributed by atoms with Crippen molar-refractivity contribution in [1.29, 1.82) is 0 Å². The van der Waals surface area contributed by atoms with Crippen molar-refractivity contribution in [3.8, 4) is 11.6 Å². The molecule has 1 saturated carbocycles. The number of hydrogen-bond donors (Lipinski definition) is 2. The highest BCUT2D eigenvalue weighted by atomic mass is 19.1. The predicted molar refractivity (Wildman–Crippen MR) is 84.7 cm³/mol. The van der Waals surface area contributed by atoms with Crippen LogP contribution in [0.25, 0.3) is 0 Å². The summed E-state index contributed by atoms with van der Waals surface area (Å²) < 4.78 is 18.3. The first-order valence-corrected chi connectivity index (χ1v) is 7.55. The summed E-state index contributed by atoms with van der Waals surface area (Å²) in [7, 11) is 0. The van der Waals surface area contributed by atoms with Crippen LogP contribution in [0.5, 0.6) is 11.6 Å². The second-order valence-electron chi connectivity index (χ2n) is 5.76. The van der Waals surface area contributed by atoms with E-state index in [-0.39, 0.29) is 11.7 Å². The average molecular weight is 315 g/mol. The fraction of sp³-hybridized carbons (Fsp3) is 0.294. The molecule has 1 heterocycles. The molecule has 1 aliphatic rings. The van der Waals surface area contributed by atoms with Crippen LogP contribution in [0.15, 0.2) is 42.6 Å². The lowest BCUT2D eigenvalue weighted by Gasteiger charge is -2.22. The van der Waals surface area contributed by atoms with E-state index < -0.39 is 5.54 Å². The molecule has 0 unspecified atom stereocenters. The summed E-state index contributed by atoms with van der Waals surface area (Å²) >= 11 is 0. The number of amides is 1. The van der Waals surface area contributed by atoms with Gasteiger partial charge in [-0.2, -0.15) is 0 Å². The number of hydrogen-bond acceptors (Lipinski definition) is 4. The summed E-state index contributed by atoms with van der Waals surface area (Å²) in [5.74, 6) is 0.343. The van der Waals surface area contributed by atoms with Crippen molar-refractivity contribution in [2.24, 2.45) is 5.73 Å². The van der Waals surface area contributed by atoms with Gasteiger partial charge in [0.15, 0.2) is 0 Å². The fourth-order valence-corrected chi connectivity index (χ4v) is 2.63. The number of rotatable bonds is 4. The Morgan fingerprint density at radius 3 is 2.48 bits per heavy atom. The predicted octanol–water partition coefficient (Wildman–Crippen LogP) is 3.22. The number of nitrogens with zero attached hydrogens (tertiary/aromatic N) is 1. The summed E-state index contributed by atoms with van der Waals surface area (Å²) in [5.41, 5.74) is 5.90. The Morgan fingerprint density at radius 2 is 1.87 bits per heavy atom. The van der Waals surface area contributed by atoms with E-state index in [1.165, 1.54) is 30.5 Å². The molecule has 6 heteroatoms. The van der Waals surface area contributed by atoms with Crippen LogP contribution in [-0.4, -0.2) is 16.4 Å². The molecule has 0 aliphatic heterocycles. The van der Waals surface area contributed by atoms with E-state index in [2.05, 4.69) is 10.3 Å². The van der Waals surface area contributed by atoms with Gasteiger partial charge in [0.2, 0.25) is 11.8 Å². The van der Waals surface area contributed by atoms with Crippen molar-refractivity contribution in [2.45, 2.75) is 31.2 Å². The van der Waals surface area contributed by atoms with Gasteiger partial charge in [0.25, 0.3) is 0 Å². The maximum atomic E-state index is 12.8. The first-order chi connectivity index (χ1) is 11.0. The fourth-order valence-electron chi connectivity index (χ4n) is 2.63. The largest absolute Gasteiger partial charge is 0.439 e. The molecule has 1 aromatic heterocycles. The number of ether oxygens (including phenoxy) is 1. The molecule has 0 spiro atoms. The number of benzene rings is 1. The number of nitrogens with one attached hydrogen (secondary N) is 1. The third-order valence-electron chi connectivity index (χ3n) is 3.98. The van der Waals surface area contributed by atoms with Crippen molar-refractivity contribution >= 4 is 11.6 Å². The van der Waals surface area contributed by atoms with Gasteiger partial charge < -0.3 is 15.8 Å². The molecule has 1 aromatic carbocycles. The molecule has 1 aliphatic carbocycles. The van der Waals surface area contributed by atoms with Crippen LogP contribution < -0.4 is 15.8 Å². The number of carbonyl (C=O) groups excluding carboxylic acids is 1. The van der Waals surface area contributed by atoms with Crippen LogP contribution in [-0.2, 0) is 4.79 Å². The summed E-state index contributed by atoms with van der Waals surface area (Å²) in [5, 5.41) is 2.79. The molecule has 1 fully saturated rings. The maximum absolute atomic E-state index is 12.8. The Balaban J connectivity index is 1.62. The quantitative estimate of drug-likeness (QED) is 0.908. The Morgan fingerprint density at radius 1 is 1.17 bits per heavy atom. The molecule has 0 saturated heterocycles. The molecular formula is C17H18FN3O2. The number of halogens is 1. The van der Waals surface area contributed by atoms with Gasteiger partial charge in [-0.25, -0.2) is 9.37 Å². The molecular weight excluding hydrogens is 297 g/mol. The van der Waals surface area contributed by atoms with Crippen LogP contribution in [0.3, 0.4) is 0 Å². The van der Waals surface area contributed by atoms with Gasteiger partial charge in [0, 0.05) is 6.07 Å². The highest BCUT2D eigenvalue weighted by Crippen LogP contribution is 2.28. The van der Waals surface area contributed by atoms with Gasteiger partial charge in [0.05, 0.1) is 17.4 Å². The van der Waals surface area contributed by atoms with Crippen LogP contribution in [0.4, 0.5) is 10.1 Å². The lowest BCUT2D eigenvalue weighted by molar-refractivity contribution is -0.121. The standard InChI is InChI=1S/C17H18FN3O2/c18-12-3-6-14(7-4-12)23-15-8-5-13(11-20-15)21-16(22)17(19)9-1-2-10-17/h3-8,11H,1-2,9-10,19H2,(H,21,22). The van der Waals surface area contributed by atoms with Gasteiger partial charge in [-0.1, -0.05) is 12.8 Å². The van der Waals surface area contributed by atoms with Crippen LogP contribution in [0, 0.1) is 5.82 Å². The lowest BCUT2D eigenvalue weighted by Crippen LogP contribution is -2.48. The molecule has 1 amide bonds. The smallest absolute Gasteiger partial charge is 0.244 e. The third kappa shape index (κ3) is 3.65. The number of carbonyl (C=O) groups is 1. The van der Waals surface area contributed by atoms with Gasteiger partial charge in [-0.3, -0.25) is 4.79 Å². The first-order valence-electron chi connectivity index (χ1n) is 7.55. The van der Waals surface area contributed by atoms with Gasteiger partial charge in [0.1, 0.15) is 11.6 Å². The topological polar surface area (TPSA) is 77.2 Å². The van der Waals surface area contributed by atoms with Crippen molar-refractivity contribution in [1.82, 2.24) is 4.98 Å². The number of aromatic nitrogens is 1. The molecule has 0 bridgehead atoms. The van der Waals surface area contributed by atoms with Crippen molar-refractivity contribution in [3.05, 3.63) is 48.4 Å². The summed E-state index contributed by atoms with van der Waals surface area (Å²) in [4.78, 5) is 16.3. The third-order valence-corrected chi connectivity index (χ3v) is 3.98. The molecule has 2 aromatic rings. The zero-order valence-corrected chi connectivity index (χ0v) is 12.6. The highest BCUT2D eigenvalue weighted by molar-refractivity contribution is 5.98. The summed E-state index contributed by atoms with van der Waals surface area (Å²) in [6.07, 6.45) is 4.88. The van der Waals surface area contributed by atoms with E-state index >= 15 is 0 Å². The summed E-state index contributed by atoms with van der Waals surface area (Å²) in [6.45, 7) is 0. The number of pyridine rings is 1. The number of anilines is 1. The SMILES string of the molecule is NC1(C(=O)Nc2ccc(Oc3ccc(F)cc3)nc2)CCCC1. The van der Waals surface area contributed by atoms with E-state index in [1.54, 1.807) is 12.1 Å². The monoisotopic (exact) mass is 315 g/mol. The Labute approximate surface area is 133 Å². The minimum absolute atomic E-state index is 0.177. The van der Waals surface area contributed by atoms with Crippen LogP contribution >= 0.6 is 0 Å². The van der Waals surface area contributed by atoms with Gasteiger partial charge in [-0.05, 0) is 43.2 Å². The first kappa shape index (κ1) is 15.4. The van der Waals surface area contributed by atoms with E-state index in [0.29, 0.717) is 30.2 Å². The van der Waals surface area contributed by atoms with Crippen molar-refractivity contribution < 1.29 is 13.9 Å². The van der Waals surface area contributed by atoms with Gasteiger partial charge >= 0.3 is 0 Å². The summed E-state index contributed by atoms with van der Waals surface area (Å²) in [6, 6.07) is 8.99. The zero-order valence-electron chi connectivity index (χ0n) is 12.6. The van der Waals surface area contributed by atoms with E-state index in [4.69, 9.17) is 10.5 Å². The Kier molecular flexibility index (Phi) is 4.25. The lowest BCUT2D eigenvalue weighted by atomic mass is 9.98. The number of nitrogens with two attached hydrogens (primary N) is 1. The molecule has 5 nitrogen and oxygen atoms in total. The second-order valence-corrected chi connectivity index (χ2v) is 5.76. The van der Waals surface area contributed by atoms with E-state index in [9.17, 15) is 9.18 Å². The van der Waals surface area contributed by atoms with Crippen LogP contribution in [0.1, 0.15) is 25.7 Å². The highest BCUT2D eigenvalue weighted by Gasteiger charge is 2.36. The average Bonchev–Trinajstić information content (AvgIpc) is 3.00.